The number of benzene rings is 1. The molecule has 8 N–H and O–H groups in total. The highest BCUT2D eigenvalue weighted by Crippen LogP contribution is 2.32. The molecule has 0 spiro atoms. The molecule has 1 aromatic carbocycles. The van der Waals surface area contributed by atoms with Gasteiger partial charge in [-0.1, -0.05) is 0 Å². The first-order valence-electron chi connectivity index (χ1n) is 7.95. The molecule has 0 fully saturated rings. The van der Waals surface area contributed by atoms with E-state index in [1.807, 2.05) is 13.0 Å². The normalized spacial score (nSPS) is 10.3. The lowest BCUT2D eigenvalue weighted by Crippen LogP contribution is -2.45. The Kier molecular flexibility index (Phi) is 6.18. The molecule has 0 aliphatic heterocycles. The minimum Gasteiger partial charge on any atom is -0.493 e. The number of hydrogen-bond acceptors (Lipinski definition) is 8. The fourth-order valence-electron chi connectivity index (χ4n) is 2.46. The highest BCUT2D eigenvalue weighted by molar-refractivity contribution is 5.90. The van der Waals surface area contributed by atoms with E-state index in [1.54, 1.807) is 6.07 Å². The van der Waals surface area contributed by atoms with Crippen molar-refractivity contribution in [3.63, 3.8) is 0 Å². The number of urea groups is 2. The van der Waals surface area contributed by atoms with Crippen LogP contribution < -0.4 is 42.6 Å². The molecule has 150 valence electrons. The number of hydrogen-bond donors (Lipinski definition) is 4. The van der Waals surface area contributed by atoms with E-state index in [0.717, 1.165) is 11.1 Å². The van der Waals surface area contributed by atoms with Crippen molar-refractivity contribution in [3.05, 3.63) is 35.0 Å². The number of carbonyl (C=O) groups excluding carboxylic acids is 2. The number of aryl methyl sites for hydroxylation is 1. The molecule has 2 aromatic rings. The maximum absolute atomic E-state index is 11.6. The third-order valence-corrected chi connectivity index (χ3v) is 3.97. The van der Waals surface area contributed by atoms with Crippen LogP contribution in [0.5, 0.6) is 11.5 Å². The van der Waals surface area contributed by atoms with Crippen LogP contribution in [0, 0.1) is 6.92 Å². The average Bonchev–Trinajstić information content (AvgIpc) is 2.67. The van der Waals surface area contributed by atoms with E-state index in [-0.39, 0.29) is 18.2 Å². The highest BCUT2D eigenvalue weighted by atomic mass is 16.5. The van der Waals surface area contributed by atoms with Gasteiger partial charge in [-0.15, -0.1) is 0 Å². The van der Waals surface area contributed by atoms with E-state index in [2.05, 4.69) is 9.97 Å². The van der Waals surface area contributed by atoms with E-state index in [9.17, 15) is 9.59 Å². The Morgan fingerprint density at radius 3 is 2.11 bits per heavy atom. The second-order valence-electron chi connectivity index (χ2n) is 5.75. The summed E-state index contributed by atoms with van der Waals surface area (Å²) < 4.78 is 10.6. The molecule has 0 aliphatic carbocycles. The van der Waals surface area contributed by atoms with Gasteiger partial charge in [0.1, 0.15) is 0 Å². The number of aromatic nitrogens is 2. The molecule has 1 aromatic heterocycles. The van der Waals surface area contributed by atoms with E-state index in [4.69, 9.17) is 32.6 Å². The van der Waals surface area contributed by atoms with Crippen LogP contribution in [0.1, 0.15) is 16.7 Å². The number of nitrogens with zero attached hydrogens (tertiary/aromatic N) is 4. The summed E-state index contributed by atoms with van der Waals surface area (Å²) in [6, 6.07) is 1.65. The number of amides is 4. The Morgan fingerprint density at radius 2 is 1.57 bits per heavy atom. The Labute approximate surface area is 160 Å². The number of anilines is 2. The van der Waals surface area contributed by atoms with Gasteiger partial charge in [0.2, 0.25) is 0 Å². The third-order valence-electron chi connectivity index (χ3n) is 3.97. The van der Waals surface area contributed by atoms with Crippen LogP contribution in [0.25, 0.3) is 0 Å². The zero-order valence-electron chi connectivity index (χ0n) is 15.7. The summed E-state index contributed by atoms with van der Waals surface area (Å²) in [5, 5.41) is 1.15. The minimum absolute atomic E-state index is 0.0246. The van der Waals surface area contributed by atoms with Gasteiger partial charge >= 0.3 is 12.1 Å². The van der Waals surface area contributed by atoms with Gasteiger partial charge in [-0.2, -0.15) is 9.99 Å². The number of nitrogens with two attached hydrogens (primary N) is 4. The van der Waals surface area contributed by atoms with Crippen LogP contribution in [0.2, 0.25) is 0 Å². The van der Waals surface area contributed by atoms with Crippen molar-refractivity contribution in [1.82, 2.24) is 9.97 Å². The summed E-state index contributed by atoms with van der Waals surface area (Å²) in [5.41, 5.74) is 12.6. The van der Waals surface area contributed by atoms with Crippen molar-refractivity contribution >= 4 is 23.8 Å². The maximum Gasteiger partial charge on any atom is 0.336 e. The molecular weight excluding hydrogens is 368 g/mol. The molecule has 0 saturated heterocycles. The SMILES string of the molecule is COc1cc(C)c(Cc2cnc(N(N)C(N)=O)nc2N(N)C(N)=O)cc1OC. The van der Waals surface area contributed by atoms with E-state index in [0.29, 0.717) is 27.1 Å². The van der Waals surface area contributed by atoms with Crippen LogP contribution in [-0.4, -0.2) is 36.2 Å². The molecule has 28 heavy (non-hydrogen) atoms. The largest absolute Gasteiger partial charge is 0.493 e. The van der Waals surface area contributed by atoms with Gasteiger partial charge < -0.3 is 20.9 Å². The maximum atomic E-state index is 11.6. The molecule has 2 rings (SSSR count). The monoisotopic (exact) mass is 390 g/mol. The van der Waals surface area contributed by atoms with Gasteiger partial charge in [0, 0.05) is 18.2 Å². The molecule has 0 bridgehead atoms. The van der Waals surface area contributed by atoms with Gasteiger partial charge in [-0.3, -0.25) is 0 Å². The molecule has 4 amide bonds. The first-order valence-corrected chi connectivity index (χ1v) is 7.95. The number of rotatable bonds is 6. The summed E-state index contributed by atoms with van der Waals surface area (Å²) in [5.74, 6) is 12.1. The minimum atomic E-state index is -0.989. The topological polar surface area (TPSA) is 189 Å². The van der Waals surface area contributed by atoms with Crippen LogP contribution in [0.15, 0.2) is 18.3 Å². The molecule has 12 heteroatoms. The Balaban J connectivity index is 2.53. The fraction of sp³-hybridized carbons (Fsp3) is 0.250. The van der Waals surface area contributed by atoms with Crippen LogP contribution in [0.4, 0.5) is 21.4 Å². The lowest BCUT2D eigenvalue weighted by atomic mass is 10.0. The standard InChI is InChI=1S/C16H22N8O4/c1-8-4-11(27-2)12(28-3)6-9(8)5-10-7-21-16(24(20)15(18)26)22-13(10)23(19)14(17)25/h4,6-7H,5,19-20H2,1-3H3,(H2,17,25)(H2,18,26). The summed E-state index contributed by atoms with van der Waals surface area (Å²) >= 11 is 0. The predicted molar refractivity (Wildman–Crippen MR) is 102 cm³/mol. The molecule has 0 saturated carbocycles. The van der Waals surface area contributed by atoms with Gasteiger partial charge in [0.05, 0.1) is 14.2 Å². The number of ether oxygens (including phenoxy) is 2. The number of hydrazine groups is 2. The van der Waals surface area contributed by atoms with Crippen LogP contribution in [-0.2, 0) is 6.42 Å². The van der Waals surface area contributed by atoms with Gasteiger partial charge in [0.25, 0.3) is 5.95 Å². The summed E-state index contributed by atoms with van der Waals surface area (Å²) in [6.07, 6.45) is 1.66. The Hall–Kier alpha value is -3.64. The number of primary amides is 2. The van der Waals surface area contributed by atoms with E-state index < -0.39 is 12.1 Å². The van der Waals surface area contributed by atoms with Crippen LogP contribution >= 0.6 is 0 Å². The predicted octanol–water partition coefficient (Wildman–Crippen LogP) is -0.0894. The molecule has 12 nitrogen and oxygen atoms in total. The van der Waals surface area contributed by atoms with Crippen molar-refractivity contribution in [3.8, 4) is 11.5 Å². The average molecular weight is 390 g/mol. The first kappa shape index (κ1) is 20.7. The second-order valence-corrected chi connectivity index (χ2v) is 5.75. The second kappa shape index (κ2) is 8.37. The highest BCUT2D eigenvalue weighted by Gasteiger charge is 2.21. The lowest BCUT2D eigenvalue weighted by Gasteiger charge is -2.20. The third kappa shape index (κ3) is 4.19. The van der Waals surface area contributed by atoms with Crippen molar-refractivity contribution < 1.29 is 19.1 Å². The van der Waals surface area contributed by atoms with Crippen LogP contribution in [0.3, 0.4) is 0 Å². The van der Waals surface area contributed by atoms with Crippen molar-refractivity contribution in [2.24, 2.45) is 23.2 Å². The smallest absolute Gasteiger partial charge is 0.336 e. The molecular formula is C16H22N8O4. The molecule has 0 atom stereocenters. The number of methoxy groups -OCH3 is 2. The number of carbonyl (C=O) groups is 2. The quantitative estimate of drug-likeness (QED) is 0.299. The summed E-state index contributed by atoms with van der Waals surface area (Å²) in [4.78, 5) is 30.9. The molecule has 0 unspecified atom stereocenters. The van der Waals surface area contributed by atoms with Gasteiger partial charge in [-0.05, 0) is 30.2 Å². The fourth-order valence-corrected chi connectivity index (χ4v) is 2.46. The zero-order valence-corrected chi connectivity index (χ0v) is 15.7. The zero-order chi connectivity index (χ0) is 21.0. The molecule has 0 radical (unpaired) electrons. The van der Waals surface area contributed by atoms with E-state index >= 15 is 0 Å². The van der Waals surface area contributed by atoms with Crippen molar-refractivity contribution in [2.75, 3.05) is 24.2 Å². The Morgan fingerprint density at radius 1 is 1.00 bits per heavy atom. The first-order chi connectivity index (χ1) is 13.2. The lowest BCUT2D eigenvalue weighted by molar-refractivity contribution is 0.253. The van der Waals surface area contributed by atoms with Crippen molar-refractivity contribution in [2.45, 2.75) is 13.3 Å². The van der Waals surface area contributed by atoms with Gasteiger partial charge in [0.15, 0.2) is 17.3 Å². The molecule has 0 aliphatic rings. The summed E-state index contributed by atoms with van der Waals surface area (Å²) in [7, 11) is 3.06. The molecule has 1 heterocycles. The Bertz CT molecular complexity index is 904. The van der Waals surface area contributed by atoms with Crippen molar-refractivity contribution in [1.29, 1.82) is 0 Å². The van der Waals surface area contributed by atoms with E-state index in [1.165, 1.54) is 20.4 Å². The van der Waals surface area contributed by atoms with Gasteiger partial charge in [-0.25, -0.2) is 31.3 Å². The summed E-state index contributed by atoms with van der Waals surface area (Å²) in [6.45, 7) is 1.88.